The number of anilines is 1. The number of likely N-dealkylation sites (tertiary alicyclic amines) is 1. The van der Waals surface area contributed by atoms with Crippen molar-refractivity contribution in [1.29, 1.82) is 0 Å². The van der Waals surface area contributed by atoms with Crippen LogP contribution in [0.1, 0.15) is 39.4 Å². The van der Waals surface area contributed by atoms with Crippen molar-refractivity contribution in [2.75, 3.05) is 11.9 Å². The molecule has 9 heteroatoms. The fourth-order valence-electron chi connectivity index (χ4n) is 3.77. The third kappa shape index (κ3) is 4.54. The molecule has 0 saturated carbocycles. The number of halogens is 2. The van der Waals surface area contributed by atoms with Gasteiger partial charge in [0.25, 0.3) is 5.91 Å². The van der Waals surface area contributed by atoms with Crippen LogP contribution < -0.4 is 5.32 Å². The van der Waals surface area contributed by atoms with E-state index in [-0.39, 0.29) is 17.6 Å². The molecule has 1 fully saturated rings. The number of hydrogen-bond donors (Lipinski definition) is 1. The highest BCUT2D eigenvalue weighted by molar-refractivity contribution is 6.35. The zero-order valence-corrected chi connectivity index (χ0v) is 18.7. The summed E-state index contributed by atoms with van der Waals surface area (Å²) in [6, 6.07) is 10.6. The second kappa shape index (κ2) is 9.14. The molecule has 1 aromatic heterocycles. The summed E-state index contributed by atoms with van der Waals surface area (Å²) in [5, 5.41) is 3.56. The summed E-state index contributed by atoms with van der Waals surface area (Å²) in [6.07, 6.45) is 4.54. The van der Waals surface area contributed by atoms with Crippen LogP contribution >= 0.6 is 23.2 Å². The van der Waals surface area contributed by atoms with Gasteiger partial charge in [0, 0.05) is 52.8 Å². The van der Waals surface area contributed by atoms with Gasteiger partial charge in [-0.05, 0) is 55.3 Å². The van der Waals surface area contributed by atoms with Crippen LogP contribution in [0.25, 0.3) is 0 Å². The number of imidazole rings is 1. The summed E-state index contributed by atoms with van der Waals surface area (Å²) in [7, 11) is 1.75. The molecule has 2 heterocycles. The zero-order valence-electron chi connectivity index (χ0n) is 17.2. The highest BCUT2D eigenvalue weighted by atomic mass is 35.5. The molecule has 1 atom stereocenters. The molecule has 7 nitrogen and oxygen atoms in total. The Balaban J connectivity index is 1.45. The fourth-order valence-corrected chi connectivity index (χ4v) is 4.30. The molecule has 1 unspecified atom stereocenters. The molecule has 32 heavy (non-hydrogen) atoms. The number of hydrogen-bond acceptors (Lipinski definition) is 4. The van der Waals surface area contributed by atoms with Gasteiger partial charge < -0.3 is 14.8 Å². The molecule has 0 spiro atoms. The molecule has 1 aliphatic heterocycles. The number of carbonyl (C=O) groups is 3. The van der Waals surface area contributed by atoms with Crippen LogP contribution in [-0.2, 0) is 11.8 Å². The molecule has 0 aliphatic carbocycles. The Labute approximate surface area is 194 Å². The van der Waals surface area contributed by atoms with Gasteiger partial charge in [-0.15, -0.1) is 0 Å². The van der Waals surface area contributed by atoms with Gasteiger partial charge in [-0.3, -0.25) is 14.4 Å². The SMILES string of the molecule is Cn1ccnc1C(=O)c1ccc(NC(=O)C2CCCN2C(=O)c2cc(Cl)cc(Cl)c2)cc1. The van der Waals surface area contributed by atoms with Crippen molar-refractivity contribution >= 4 is 46.5 Å². The highest BCUT2D eigenvalue weighted by Crippen LogP contribution is 2.25. The maximum absolute atomic E-state index is 13.0. The predicted molar refractivity (Wildman–Crippen MR) is 122 cm³/mol. The van der Waals surface area contributed by atoms with Crippen molar-refractivity contribution in [2.45, 2.75) is 18.9 Å². The van der Waals surface area contributed by atoms with Gasteiger partial charge in [0.1, 0.15) is 6.04 Å². The molecule has 3 aromatic rings. The molecule has 2 amide bonds. The minimum absolute atomic E-state index is 0.205. The average molecular weight is 471 g/mol. The number of benzene rings is 2. The first-order valence-corrected chi connectivity index (χ1v) is 10.8. The fraction of sp³-hybridized carbons (Fsp3) is 0.217. The molecule has 0 bridgehead atoms. The van der Waals surface area contributed by atoms with Crippen molar-refractivity contribution in [3.05, 3.63) is 81.9 Å². The minimum atomic E-state index is -0.603. The van der Waals surface area contributed by atoms with E-state index in [1.807, 2.05) is 0 Å². The molecule has 1 aliphatic rings. The van der Waals surface area contributed by atoms with Crippen LogP contribution in [0.4, 0.5) is 5.69 Å². The molecular weight excluding hydrogens is 451 g/mol. The van der Waals surface area contributed by atoms with E-state index in [0.29, 0.717) is 45.6 Å². The van der Waals surface area contributed by atoms with Gasteiger partial charge in [-0.25, -0.2) is 4.98 Å². The number of nitrogens with one attached hydrogen (secondary N) is 1. The van der Waals surface area contributed by atoms with E-state index >= 15 is 0 Å². The first-order valence-electron chi connectivity index (χ1n) is 10.0. The molecule has 4 rings (SSSR count). The van der Waals surface area contributed by atoms with Crippen molar-refractivity contribution in [3.8, 4) is 0 Å². The normalized spacial score (nSPS) is 15.6. The van der Waals surface area contributed by atoms with Gasteiger partial charge >= 0.3 is 0 Å². The first kappa shape index (κ1) is 22.0. The minimum Gasteiger partial charge on any atom is -0.331 e. The average Bonchev–Trinajstić information content (AvgIpc) is 3.41. The number of rotatable bonds is 5. The number of nitrogens with zero attached hydrogens (tertiary/aromatic N) is 3. The van der Waals surface area contributed by atoms with Gasteiger partial charge in [-0.2, -0.15) is 0 Å². The van der Waals surface area contributed by atoms with Crippen LogP contribution in [-0.4, -0.2) is 44.6 Å². The lowest BCUT2D eigenvalue weighted by Gasteiger charge is -2.24. The van der Waals surface area contributed by atoms with Gasteiger partial charge in [0.2, 0.25) is 11.7 Å². The molecule has 164 valence electrons. The summed E-state index contributed by atoms with van der Waals surface area (Å²) < 4.78 is 1.65. The maximum Gasteiger partial charge on any atom is 0.254 e. The molecule has 1 saturated heterocycles. The summed E-state index contributed by atoms with van der Waals surface area (Å²) >= 11 is 12.0. The number of amides is 2. The largest absolute Gasteiger partial charge is 0.331 e. The first-order chi connectivity index (χ1) is 15.3. The molecular formula is C23H20Cl2N4O3. The van der Waals surface area contributed by atoms with Gasteiger partial charge in [-0.1, -0.05) is 23.2 Å². The lowest BCUT2D eigenvalue weighted by atomic mass is 10.1. The van der Waals surface area contributed by atoms with E-state index in [2.05, 4.69) is 10.3 Å². The summed E-state index contributed by atoms with van der Waals surface area (Å²) in [5.74, 6) is -0.443. The topological polar surface area (TPSA) is 84.3 Å². The second-order valence-corrected chi connectivity index (χ2v) is 8.45. The van der Waals surface area contributed by atoms with Crippen molar-refractivity contribution in [2.24, 2.45) is 7.05 Å². The monoisotopic (exact) mass is 470 g/mol. The second-order valence-electron chi connectivity index (χ2n) is 7.57. The van der Waals surface area contributed by atoms with Crippen LogP contribution in [0.3, 0.4) is 0 Å². The van der Waals surface area contributed by atoms with E-state index in [1.54, 1.807) is 66.5 Å². The Hall–Kier alpha value is -3.16. The third-order valence-corrected chi connectivity index (χ3v) is 5.80. The van der Waals surface area contributed by atoms with Gasteiger partial charge in [0.05, 0.1) is 0 Å². The third-order valence-electron chi connectivity index (χ3n) is 5.36. The lowest BCUT2D eigenvalue weighted by molar-refractivity contribution is -0.119. The summed E-state index contributed by atoms with van der Waals surface area (Å²) in [5.41, 5.74) is 1.35. The van der Waals surface area contributed by atoms with Gasteiger partial charge in [0.15, 0.2) is 5.82 Å². The van der Waals surface area contributed by atoms with E-state index in [9.17, 15) is 14.4 Å². The Morgan fingerprint density at radius 2 is 1.72 bits per heavy atom. The standard InChI is InChI=1S/C23H20Cl2N4O3/c1-28-10-8-26-21(28)20(30)14-4-6-18(7-5-14)27-22(31)19-3-2-9-29(19)23(32)15-11-16(24)13-17(25)12-15/h4-8,10-13,19H,2-3,9H2,1H3,(H,27,31). The highest BCUT2D eigenvalue weighted by Gasteiger charge is 2.34. The zero-order chi connectivity index (χ0) is 22.8. The lowest BCUT2D eigenvalue weighted by Crippen LogP contribution is -2.43. The summed E-state index contributed by atoms with van der Waals surface area (Å²) in [4.78, 5) is 44.0. The number of carbonyl (C=O) groups excluding carboxylic acids is 3. The Morgan fingerprint density at radius 3 is 2.34 bits per heavy atom. The molecule has 0 radical (unpaired) electrons. The maximum atomic E-state index is 13.0. The van der Waals surface area contributed by atoms with Crippen LogP contribution in [0.5, 0.6) is 0 Å². The van der Waals surface area contributed by atoms with Crippen molar-refractivity contribution < 1.29 is 14.4 Å². The number of aryl methyl sites for hydroxylation is 1. The Kier molecular flexibility index (Phi) is 6.30. The smallest absolute Gasteiger partial charge is 0.254 e. The molecule has 2 aromatic carbocycles. The van der Waals surface area contributed by atoms with Crippen molar-refractivity contribution in [1.82, 2.24) is 14.5 Å². The Bertz CT molecular complexity index is 1170. The number of aromatic nitrogens is 2. The predicted octanol–water partition coefficient (Wildman–Crippen LogP) is 4.20. The van der Waals surface area contributed by atoms with E-state index in [1.165, 1.54) is 4.90 Å². The van der Waals surface area contributed by atoms with E-state index in [0.717, 1.165) is 6.42 Å². The van der Waals surface area contributed by atoms with Crippen molar-refractivity contribution in [3.63, 3.8) is 0 Å². The summed E-state index contributed by atoms with van der Waals surface area (Å²) in [6.45, 7) is 0.470. The quantitative estimate of drug-likeness (QED) is 0.566. The van der Waals surface area contributed by atoms with Crippen LogP contribution in [0.15, 0.2) is 54.9 Å². The van der Waals surface area contributed by atoms with Crippen LogP contribution in [0.2, 0.25) is 10.0 Å². The van der Waals surface area contributed by atoms with E-state index in [4.69, 9.17) is 23.2 Å². The number of ketones is 1. The van der Waals surface area contributed by atoms with E-state index < -0.39 is 6.04 Å². The molecule has 1 N–H and O–H groups in total. The Morgan fingerprint density at radius 1 is 1.03 bits per heavy atom. The van der Waals surface area contributed by atoms with Crippen LogP contribution in [0, 0.1) is 0 Å².